The van der Waals surface area contributed by atoms with E-state index >= 15 is 0 Å². The van der Waals surface area contributed by atoms with Crippen molar-refractivity contribution in [3.8, 4) is 0 Å². The van der Waals surface area contributed by atoms with Gasteiger partial charge >= 0.3 is 6.09 Å². The van der Waals surface area contributed by atoms with Gasteiger partial charge in [0.25, 0.3) is 0 Å². The van der Waals surface area contributed by atoms with E-state index < -0.39 is 39.4 Å². The second kappa shape index (κ2) is 4.57. The van der Waals surface area contributed by atoms with E-state index in [0.29, 0.717) is 0 Å². The van der Waals surface area contributed by atoms with Gasteiger partial charge in [0.15, 0.2) is 9.84 Å². The van der Waals surface area contributed by atoms with Crippen LogP contribution in [0.5, 0.6) is 0 Å². The molecule has 1 fully saturated rings. The Morgan fingerprint density at radius 3 is 2.24 bits per heavy atom. The molecule has 0 radical (unpaired) electrons. The first-order chi connectivity index (χ1) is 9.84. The summed E-state index contributed by atoms with van der Waals surface area (Å²) < 4.78 is 25.4. The fourth-order valence-corrected chi connectivity index (χ4v) is 5.01. The molecule has 0 aliphatic carbocycles. The minimum atomic E-state index is -3.81. The van der Waals surface area contributed by atoms with Gasteiger partial charge in [-0.3, -0.25) is 4.90 Å². The molecule has 3 rings (SSSR count). The topological polar surface area (TPSA) is 94.9 Å². The van der Waals surface area contributed by atoms with Gasteiger partial charge in [0.2, 0.25) is 0 Å². The predicted molar refractivity (Wildman–Crippen MR) is 74.7 cm³/mol. The smallest absolute Gasteiger partial charge is 0.408 e. The van der Waals surface area contributed by atoms with Crippen LogP contribution in [0, 0.1) is 6.92 Å². The highest BCUT2D eigenvalue weighted by Crippen LogP contribution is 2.38. The Morgan fingerprint density at radius 1 is 1.14 bits per heavy atom. The zero-order valence-electron chi connectivity index (χ0n) is 11.2. The number of nitrogens with zero attached hydrogens (tertiary/aromatic N) is 1. The highest BCUT2D eigenvalue weighted by molar-refractivity contribution is 7.92. The zero-order chi connectivity index (χ0) is 15.4. The molecular weight excluding hydrogens is 294 g/mol. The number of aliphatic hydroxyl groups excluding tert-OH is 1. The lowest BCUT2D eigenvalue weighted by Gasteiger charge is -2.22. The Hall–Kier alpha value is -1.86. The third kappa shape index (κ3) is 1.96. The van der Waals surface area contributed by atoms with Gasteiger partial charge in [-0.25, -0.2) is 13.2 Å². The van der Waals surface area contributed by atoms with Crippen LogP contribution < -0.4 is 0 Å². The minimum Gasteiger partial charge on any atom is -0.465 e. The molecular formula is C14H15NO5S. The zero-order valence-corrected chi connectivity index (χ0v) is 12.1. The maximum atomic E-state index is 12.7. The maximum absolute atomic E-state index is 12.7. The molecule has 0 aromatic heterocycles. The summed E-state index contributed by atoms with van der Waals surface area (Å²) >= 11 is 0. The van der Waals surface area contributed by atoms with E-state index in [1.165, 1.54) is 12.1 Å². The summed E-state index contributed by atoms with van der Waals surface area (Å²) in [6, 6.07) is 4.69. The molecule has 1 aromatic carbocycles. The van der Waals surface area contributed by atoms with Crippen LogP contribution in [0.15, 0.2) is 41.3 Å². The number of carbonyl (C=O) groups is 1. The monoisotopic (exact) mass is 309 g/mol. The summed E-state index contributed by atoms with van der Waals surface area (Å²) in [5.41, 5.74) is 0.925. The average molecular weight is 309 g/mol. The molecule has 4 atom stereocenters. The lowest BCUT2D eigenvalue weighted by atomic mass is 10.0. The van der Waals surface area contributed by atoms with Gasteiger partial charge in [-0.15, -0.1) is 0 Å². The van der Waals surface area contributed by atoms with Crippen molar-refractivity contribution >= 4 is 15.9 Å². The number of hydrogen-bond acceptors (Lipinski definition) is 4. The number of amides is 1. The number of aryl methyl sites for hydroxylation is 1. The van der Waals surface area contributed by atoms with Gasteiger partial charge in [-0.05, 0) is 19.1 Å². The molecule has 2 bridgehead atoms. The lowest BCUT2D eigenvalue weighted by Crippen LogP contribution is -2.41. The van der Waals surface area contributed by atoms with Gasteiger partial charge in [-0.1, -0.05) is 29.8 Å². The lowest BCUT2D eigenvalue weighted by molar-refractivity contribution is 0.118. The Bertz CT molecular complexity index is 709. The molecule has 4 unspecified atom stereocenters. The van der Waals surface area contributed by atoms with Gasteiger partial charge in [0.05, 0.1) is 23.1 Å². The number of fused-ring (bicyclic) bond motifs is 2. The van der Waals surface area contributed by atoms with Crippen molar-refractivity contribution in [2.24, 2.45) is 0 Å². The first kappa shape index (κ1) is 14.1. The van der Waals surface area contributed by atoms with Gasteiger partial charge in [0, 0.05) is 0 Å². The first-order valence-electron chi connectivity index (χ1n) is 6.52. The largest absolute Gasteiger partial charge is 0.465 e. The molecule has 112 valence electrons. The maximum Gasteiger partial charge on any atom is 0.408 e. The molecule has 21 heavy (non-hydrogen) atoms. The highest BCUT2D eigenvalue weighted by Gasteiger charge is 2.57. The summed E-state index contributed by atoms with van der Waals surface area (Å²) in [7, 11) is -3.81. The fourth-order valence-electron chi connectivity index (χ4n) is 3.06. The van der Waals surface area contributed by atoms with Crippen molar-refractivity contribution in [1.82, 2.24) is 4.90 Å². The molecule has 1 saturated heterocycles. The van der Waals surface area contributed by atoms with E-state index in [2.05, 4.69) is 0 Å². The highest BCUT2D eigenvalue weighted by atomic mass is 32.2. The summed E-state index contributed by atoms with van der Waals surface area (Å²) in [6.45, 7) is 1.84. The normalized spacial score (nSPS) is 30.9. The number of benzene rings is 1. The predicted octanol–water partition coefficient (Wildman–Crippen LogP) is 0.799. The van der Waals surface area contributed by atoms with E-state index in [0.717, 1.165) is 10.5 Å². The summed E-state index contributed by atoms with van der Waals surface area (Å²) in [6.07, 6.45) is 0.616. The second-order valence-corrected chi connectivity index (χ2v) is 7.47. The second-order valence-electron chi connectivity index (χ2n) is 5.37. The van der Waals surface area contributed by atoms with Gasteiger partial charge in [-0.2, -0.15) is 0 Å². The molecule has 2 aliphatic heterocycles. The number of sulfone groups is 1. The summed E-state index contributed by atoms with van der Waals surface area (Å²) in [5.74, 6) is 0. The Balaban J connectivity index is 2.02. The van der Waals surface area contributed by atoms with Crippen molar-refractivity contribution in [2.75, 3.05) is 0 Å². The van der Waals surface area contributed by atoms with Gasteiger partial charge in [0.1, 0.15) is 5.25 Å². The molecule has 6 nitrogen and oxygen atoms in total. The van der Waals surface area contributed by atoms with E-state index in [4.69, 9.17) is 0 Å². The summed E-state index contributed by atoms with van der Waals surface area (Å²) in [4.78, 5) is 12.3. The number of rotatable bonds is 2. The molecule has 2 heterocycles. The SMILES string of the molecule is Cc1ccc(S(=O)(=O)C2C(O)C3C=CC2N3C(=O)O)cc1. The number of aliphatic hydroxyl groups is 1. The standard InChI is InChI=1S/C14H15NO5S/c1-8-2-4-9(5-3-8)21(19,20)13-11-7-6-10(12(13)16)15(11)14(17)18/h2-7,10-13,16H,1H3,(H,17,18). The van der Waals surface area contributed by atoms with Crippen LogP contribution in [-0.2, 0) is 9.84 Å². The third-order valence-electron chi connectivity index (χ3n) is 4.10. The third-order valence-corrected chi connectivity index (χ3v) is 6.30. The fraction of sp³-hybridized carbons (Fsp3) is 0.357. The van der Waals surface area contributed by atoms with Crippen molar-refractivity contribution < 1.29 is 23.4 Å². The number of hydrogen-bond donors (Lipinski definition) is 2. The molecule has 1 aromatic rings. The van der Waals surface area contributed by atoms with Crippen molar-refractivity contribution in [3.05, 3.63) is 42.0 Å². The van der Waals surface area contributed by atoms with Crippen molar-refractivity contribution in [1.29, 1.82) is 0 Å². The van der Waals surface area contributed by atoms with E-state index in [1.54, 1.807) is 24.3 Å². The quantitative estimate of drug-likeness (QED) is 0.788. The summed E-state index contributed by atoms with van der Waals surface area (Å²) in [5, 5.41) is 18.2. The molecule has 0 spiro atoms. The first-order valence-corrected chi connectivity index (χ1v) is 8.07. The average Bonchev–Trinajstić information content (AvgIpc) is 2.94. The van der Waals surface area contributed by atoms with Crippen molar-refractivity contribution in [3.63, 3.8) is 0 Å². The molecule has 2 aliphatic rings. The van der Waals surface area contributed by atoms with Crippen LogP contribution in [0.1, 0.15) is 5.56 Å². The Kier molecular flexibility index (Phi) is 3.07. The van der Waals surface area contributed by atoms with Crippen LogP contribution >= 0.6 is 0 Å². The van der Waals surface area contributed by atoms with E-state index in [-0.39, 0.29) is 4.90 Å². The Labute approximate surface area is 122 Å². The Morgan fingerprint density at radius 2 is 1.71 bits per heavy atom. The van der Waals surface area contributed by atoms with E-state index in [1.807, 2.05) is 6.92 Å². The molecule has 7 heteroatoms. The van der Waals surface area contributed by atoms with Crippen LogP contribution in [0.2, 0.25) is 0 Å². The van der Waals surface area contributed by atoms with Crippen LogP contribution in [0.3, 0.4) is 0 Å². The minimum absolute atomic E-state index is 0.100. The molecule has 0 saturated carbocycles. The molecule has 1 amide bonds. The van der Waals surface area contributed by atoms with Crippen molar-refractivity contribution in [2.45, 2.75) is 35.3 Å². The van der Waals surface area contributed by atoms with Gasteiger partial charge < -0.3 is 10.2 Å². The molecule has 2 N–H and O–H groups in total. The van der Waals surface area contributed by atoms with Crippen LogP contribution in [0.25, 0.3) is 0 Å². The number of carboxylic acid groups (broad SMARTS) is 1. The van der Waals surface area contributed by atoms with Crippen LogP contribution in [0.4, 0.5) is 4.79 Å². The van der Waals surface area contributed by atoms with Crippen LogP contribution in [-0.4, -0.2) is 53.1 Å². The van der Waals surface area contributed by atoms with E-state index in [9.17, 15) is 23.4 Å².